The lowest BCUT2D eigenvalue weighted by Gasteiger charge is -2.38. The molecule has 0 amide bonds. The molecule has 1 fully saturated rings. The highest BCUT2D eigenvalue weighted by atomic mass is 19.3. The number of hydrogen-bond acceptors (Lipinski definition) is 4. The van der Waals surface area contributed by atoms with Crippen molar-refractivity contribution in [3.05, 3.63) is 0 Å². The third kappa shape index (κ3) is 3.11. The molecule has 0 aromatic carbocycles. The number of halogens is 2. The molecule has 0 aliphatic heterocycles. The van der Waals surface area contributed by atoms with Gasteiger partial charge >= 0.3 is 11.9 Å². The summed E-state index contributed by atoms with van der Waals surface area (Å²) in [5, 5.41) is 0. The Labute approximate surface area is 111 Å². The lowest BCUT2D eigenvalue weighted by molar-refractivity contribution is -0.189. The van der Waals surface area contributed by atoms with Crippen molar-refractivity contribution in [2.24, 2.45) is 5.92 Å². The molecule has 2 atom stereocenters. The van der Waals surface area contributed by atoms with E-state index in [9.17, 15) is 18.4 Å². The quantitative estimate of drug-likeness (QED) is 0.572. The summed E-state index contributed by atoms with van der Waals surface area (Å²) in [5.41, 5.74) is -1.58. The summed E-state index contributed by atoms with van der Waals surface area (Å²) >= 11 is 0. The first kappa shape index (κ1) is 16.0. The van der Waals surface area contributed by atoms with Gasteiger partial charge in [0.1, 0.15) is 5.60 Å². The van der Waals surface area contributed by atoms with Crippen LogP contribution in [0.25, 0.3) is 0 Å². The Morgan fingerprint density at radius 1 is 1.42 bits per heavy atom. The van der Waals surface area contributed by atoms with Gasteiger partial charge in [-0.25, -0.2) is 4.79 Å². The van der Waals surface area contributed by atoms with Crippen LogP contribution in [0.15, 0.2) is 0 Å². The van der Waals surface area contributed by atoms with Crippen LogP contribution < -0.4 is 0 Å². The minimum Gasteiger partial charge on any atom is -0.461 e. The van der Waals surface area contributed by atoms with Gasteiger partial charge in [0.05, 0.1) is 6.61 Å². The highest BCUT2D eigenvalue weighted by molar-refractivity contribution is 6.09. The standard InChI is InChI=1S/C13H20F2O4/c1-4-19-11(17)13(14,15)10(16)12(18-3)7-5-6-9(2)8-12/h9H,4-8H2,1-3H3. The second-order valence-electron chi connectivity index (χ2n) is 5.02. The van der Waals surface area contributed by atoms with E-state index in [1.807, 2.05) is 6.92 Å². The Bertz CT molecular complexity index is 357. The zero-order valence-electron chi connectivity index (χ0n) is 11.5. The molecule has 0 N–H and O–H groups in total. The fourth-order valence-electron chi connectivity index (χ4n) is 2.59. The molecule has 4 nitrogen and oxygen atoms in total. The van der Waals surface area contributed by atoms with E-state index in [-0.39, 0.29) is 25.4 Å². The van der Waals surface area contributed by atoms with Gasteiger partial charge in [0.2, 0.25) is 5.78 Å². The number of methoxy groups -OCH3 is 1. The fraction of sp³-hybridized carbons (Fsp3) is 0.846. The van der Waals surface area contributed by atoms with E-state index in [0.29, 0.717) is 6.42 Å². The average Bonchev–Trinajstić information content (AvgIpc) is 2.37. The van der Waals surface area contributed by atoms with Crippen molar-refractivity contribution in [2.75, 3.05) is 13.7 Å². The second kappa shape index (κ2) is 5.94. The minimum absolute atomic E-state index is 0.107. The third-order valence-corrected chi connectivity index (χ3v) is 3.58. The molecule has 1 aliphatic rings. The van der Waals surface area contributed by atoms with Crippen LogP contribution in [-0.2, 0) is 19.1 Å². The maximum absolute atomic E-state index is 13.8. The highest BCUT2D eigenvalue weighted by Crippen LogP contribution is 2.39. The van der Waals surface area contributed by atoms with Crippen LogP contribution >= 0.6 is 0 Å². The second-order valence-corrected chi connectivity index (χ2v) is 5.02. The Balaban J connectivity index is 2.97. The molecule has 1 saturated carbocycles. The SMILES string of the molecule is CCOC(=O)C(F)(F)C(=O)C1(OC)CCCC(C)C1. The van der Waals surface area contributed by atoms with Crippen molar-refractivity contribution in [1.29, 1.82) is 0 Å². The van der Waals surface area contributed by atoms with Crippen LogP contribution in [0, 0.1) is 5.92 Å². The van der Waals surface area contributed by atoms with Crippen molar-refractivity contribution in [3.8, 4) is 0 Å². The van der Waals surface area contributed by atoms with Gasteiger partial charge in [0, 0.05) is 7.11 Å². The molecular formula is C13H20F2O4. The predicted molar refractivity (Wildman–Crippen MR) is 64.0 cm³/mol. The molecule has 0 aromatic heterocycles. The smallest absolute Gasteiger partial charge is 0.402 e. The Hall–Kier alpha value is -1.04. The van der Waals surface area contributed by atoms with Crippen molar-refractivity contribution in [3.63, 3.8) is 0 Å². The summed E-state index contributed by atoms with van der Waals surface area (Å²) in [6.45, 7) is 3.09. The number of esters is 1. The molecular weight excluding hydrogens is 258 g/mol. The number of carbonyl (C=O) groups excluding carboxylic acids is 2. The van der Waals surface area contributed by atoms with E-state index in [0.717, 1.165) is 6.42 Å². The van der Waals surface area contributed by atoms with Gasteiger partial charge in [-0.2, -0.15) is 8.78 Å². The molecule has 0 saturated heterocycles. The van der Waals surface area contributed by atoms with Gasteiger partial charge in [-0.3, -0.25) is 4.79 Å². The van der Waals surface area contributed by atoms with Crippen LogP contribution in [-0.4, -0.2) is 37.0 Å². The first-order valence-electron chi connectivity index (χ1n) is 6.45. The van der Waals surface area contributed by atoms with E-state index >= 15 is 0 Å². The molecule has 1 rings (SSSR count). The molecule has 110 valence electrons. The molecule has 0 heterocycles. The van der Waals surface area contributed by atoms with Gasteiger partial charge in [-0.05, 0) is 32.1 Å². The number of ether oxygens (including phenoxy) is 2. The Kier molecular flexibility index (Phi) is 5.01. The summed E-state index contributed by atoms with van der Waals surface area (Å²) in [5.74, 6) is -7.32. The van der Waals surface area contributed by atoms with Crippen LogP contribution in [0.3, 0.4) is 0 Å². The van der Waals surface area contributed by atoms with Crippen molar-refractivity contribution in [1.82, 2.24) is 0 Å². The molecule has 0 aromatic rings. The minimum atomic E-state index is -4.15. The maximum Gasteiger partial charge on any atom is 0.402 e. The predicted octanol–water partition coefficient (Wildman–Crippen LogP) is 2.35. The van der Waals surface area contributed by atoms with E-state index in [4.69, 9.17) is 4.74 Å². The highest BCUT2D eigenvalue weighted by Gasteiger charge is 2.59. The first-order valence-corrected chi connectivity index (χ1v) is 6.45. The molecule has 1 aliphatic carbocycles. The molecule has 0 bridgehead atoms. The third-order valence-electron chi connectivity index (χ3n) is 3.58. The molecule has 6 heteroatoms. The monoisotopic (exact) mass is 278 g/mol. The van der Waals surface area contributed by atoms with E-state index in [1.165, 1.54) is 14.0 Å². The lowest BCUT2D eigenvalue weighted by Crippen LogP contribution is -2.55. The molecule has 2 unspecified atom stereocenters. The fourth-order valence-corrected chi connectivity index (χ4v) is 2.59. The van der Waals surface area contributed by atoms with Crippen LogP contribution in [0.4, 0.5) is 8.78 Å². The number of hydrogen-bond donors (Lipinski definition) is 0. The van der Waals surface area contributed by atoms with Gasteiger partial charge in [-0.15, -0.1) is 0 Å². The zero-order chi connectivity index (χ0) is 14.7. The largest absolute Gasteiger partial charge is 0.461 e. The normalized spacial score (nSPS) is 27.9. The van der Waals surface area contributed by atoms with Crippen molar-refractivity contribution < 1.29 is 27.8 Å². The summed E-state index contributed by atoms with van der Waals surface area (Å²) in [6.07, 6.45) is 1.90. The topological polar surface area (TPSA) is 52.6 Å². The van der Waals surface area contributed by atoms with Crippen LogP contribution in [0.1, 0.15) is 39.5 Å². The molecule has 19 heavy (non-hydrogen) atoms. The summed E-state index contributed by atoms with van der Waals surface area (Å²) < 4.78 is 37.0. The number of rotatable bonds is 5. The Morgan fingerprint density at radius 2 is 2.05 bits per heavy atom. The Morgan fingerprint density at radius 3 is 2.53 bits per heavy atom. The average molecular weight is 278 g/mol. The number of ketones is 1. The van der Waals surface area contributed by atoms with Crippen LogP contribution in [0.5, 0.6) is 0 Å². The van der Waals surface area contributed by atoms with Gasteiger partial charge < -0.3 is 9.47 Å². The molecule has 0 spiro atoms. The number of alkyl halides is 2. The van der Waals surface area contributed by atoms with Gasteiger partial charge in [-0.1, -0.05) is 13.3 Å². The van der Waals surface area contributed by atoms with Crippen LogP contribution in [0.2, 0.25) is 0 Å². The van der Waals surface area contributed by atoms with E-state index < -0.39 is 23.3 Å². The number of carbonyl (C=O) groups is 2. The zero-order valence-corrected chi connectivity index (χ0v) is 11.5. The number of Topliss-reactive ketones (excluding diaryl/α,β-unsaturated/α-hetero) is 1. The first-order chi connectivity index (χ1) is 8.80. The van der Waals surface area contributed by atoms with Gasteiger partial charge in [0.15, 0.2) is 0 Å². The summed E-state index contributed by atoms with van der Waals surface area (Å²) in [4.78, 5) is 23.3. The van der Waals surface area contributed by atoms with E-state index in [2.05, 4.69) is 4.74 Å². The van der Waals surface area contributed by atoms with E-state index in [1.54, 1.807) is 0 Å². The summed E-state index contributed by atoms with van der Waals surface area (Å²) in [6, 6.07) is 0. The maximum atomic E-state index is 13.8. The summed E-state index contributed by atoms with van der Waals surface area (Å²) in [7, 11) is 1.23. The van der Waals surface area contributed by atoms with Gasteiger partial charge in [0.25, 0.3) is 0 Å². The van der Waals surface area contributed by atoms with Crippen molar-refractivity contribution >= 4 is 11.8 Å². The molecule has 0 radical (unpaired) electrons. The van der Waals surface area contributed by atoms with Crippen molar-refractivity contribution in [2.45, 2.75) is 51.1 Å². The lowest BCUT2D eigenvalue weighted by atomic mass is 9.75.